The van der Waals surface area contributed by atoms with Crippen LogP contribution in [-0.2, 0) is 0 Å². The number of nitrogens with one attached hydrogen (secondary N) is 1. The fraction of sp³-hybridized carbons (Fsp3) is 0. The van der Waals surface area contributed by atoms with Gasteiger partial charge in [0.1, 0.15) is 6.07 Å². The van der Waals surface area contributed by atoms with E-state index in [-0.39, 0.29) is 17.0 Å². The van der Waals surface area contributed by atoms with E-state index in [0.717, 1.165) is 22.5 Å². The zero-order chi connectivity index (χ0) is 21.9. The van der Waals surface area contributed by atoms with E-state index in [9.17, 15) is 10.1 Å². The molecule has 6 nitrogen and oxygen atoms in total. The first-order valence-corrected chi connectivity index (χ1v) is 10.0. The monoisotopic (exact) mass is 415 g/mol. The average molecular weight is 415 g/mol. The van der Waals surface area contributed by atoms with Gasteiger partial charge in [-0.25, -0.2) is 9.67 Å². The van der Waals surface area contributed by atoms with E-state index in [2.05, 4.69) is 16.0 Å². The van der Waals surface area contributed by atoms with Crippen molar-refractivity contribution in [2.45, 2.75) is 0 Å². The Labute approximate surface area is 183 Å². The minimum Gasteiger partial charge on any atom is -0.305 e. The Morgan fingerprint density at radius 2 is 1.62 bits per heavy atom. The van der Waals surface area contributed by atoms with Crippen LogP contribution in [0.1, 0.15) is 11.4 Å². The summed E-state index contributed by atoms with van der Waals surface area (Å²) in [5.74, 6) is 0.225. The molecule has 0 saturated heterocycles. The van der Waals surface area contributed by atoms with Crippen molar-refractivity contribution in [1.29, 1.82) is 5.26 Å². The first-order valence-electron chi connectivity index (χ1n) is 10.0. The van der Waals surface area contributed by atoms with Gasteiger partial charge in [0.25, 0.3) is 5.56 Å². The highest BCUT2D eigenvalue weighted by atomic mass is 16.1. The van der Waals surface area contributed by atoms with Gasteiger partial charge in [-0.15, -0.1) is 0 Å². The molecule has 0 aliphatic carbocycles. The maximum Gasteiger partial charge on any atom is 0.259 e. The van der Waals surface area contributed by atoms with Gasteiger partial charge in [-0.3, -0.25) is 4.79 Å². The summed E-state index contributed by atoms with van der Waals surface area (Å²) in [6.07, 6.45) is 3.58. The number of benzene rings is 3. The van der Waals surface area contributed by atoms with Gasteiger partial charge in [0.2, 0.25) is 0 Å². The number of rotatable bonds is 4. The number of nitrogens with zero attached hydrogens (tertiary/aromatic N) is 4. The Kier molecular flexibility index (Phi) is 4.91. The molecule has 0 aliphatic rings. The highest BCUT2D eigenvalue weighted by molar-refractivity contribution is 5.91. The molecule has 0 radical (unpaired) electrons. The molecule has 0 unspecified atom stereocenters. The van der Waals surface area contributed by atoms with Crippen molar-refractivity contribution in [3.8, 4) is 23.0 Å². The third kappa shape index (κ3) is 3.59. The molecular formula is C26H17N5O. The van der Waals surface area contributed by atoms with Crippen molar-refractivity contribution in [2.75, 3.05) is 0 Å². The molecule has 1 N–H and O–H groups in total. The summed E-state index contributed by atoms with van der Waals surface area (Å²) in [7, 11) is 0. The predicted molar refractivity (Wildman–Crippen MR) is 125 cm³/mol. The SMILES string of the molecule is N#C/C(=C/c1cn(-c2ccccc2)nc1-c1ccccc1)c1nc2ccccc2c(=O)[nH]1. The van der Waals surface area contributed by atoms with Crippen LogP contribution >= 0.6 is 0 Å². The molecule has 2 heterocycles. The molecule has 3 aromatic carbocycles. The molecule has 0 atom stereocenters. The maximum absolute atomic E-state index is 12.5. The number of hydrogen-bond acceptors (Lipinski definition) is 4. The fourth-order valence-electron chi connectivity index (χ4n) is 3.55. The molecule has 0 bridgehead atoms. The van der Waals surface area contributed by atoms with Crippen LogP contribution in [0, 0.1) is 11.3 Å². The van der Waals surface area contributed by atoms with E-state index in [1.54, 1.807) is 29.0 Å². The number of hydrogen-bond donors (Lipinski definition) is 1. The summed E-state index contributed by atoms with van der Waals surface area (Å²) in [4.78, 5) is 19.7. The van der Waals surface area contributed by atoms with E-state index < -0.39 is 0 Å². The Bertz CT molecular complexity index is 1540. The van der Waals surface area contributed by atoms with Gasteiger partial charge in [-0.2, -0.15) is 10.4 Å². The summed E-state index contributed by atoms with van der Waals surface area (Å²) in [6.45, 7) is 0. The molecule has 2 aromatic heterocycles. The van der Waals surface area contributed by atoms with E-state index in [1.807, 2.05) is 72.9 Å². The van der Waals surface area contributed by atoms with Crippen LogP contribution in [0.2, 0.25) is 0 Å². The molecule has 152 valence electrons. The number of H-pyrrole nitrogens is 1. The molecule has 0 saturated carbocycles. The van der Waals surface area contributed by atoms with Crippen molar-refractivity contribution in [3.05, 3.63) is 113 Å². The Morgan fingerprint density at radius 1 is 0.938 bits per heavy atom. The largest absolute Gasteiger partial charge is 0.305 e. The second-order valence-electron chi connectivity index (χ2n) is 7.18. The summed E-state index contributed by atoms with van der Waals surface area (Å²) in [5, 5.41) is 15.1. The van der Waals surface area contributed by atoms with Crippen LogP contribution in [0.4, 0.5) is 0 Å². The minimum atomic E-state index is -0.282. The molecular weight excluding hydrogens is 398 g/mol. The zero-order valence-electron chi connectivity index (χ0n) is 16.9. The smallest absolute Gasteiger partial charge is 0.259 e. The van der Waals surface area contributed by atoms with Crippen LogP contribution in [0.15, 0.2) is 95.9 Å². The standard InChI is InChI=1S/C26H17N5O/c27-16-19(25-28-23-14-8-7-13-22(23)26(32)29-25)15-20-17-31(21-11-5-2-6-12-21)30-24(20)18-9-3-1-4-10-18/h1-15,17H,(H,28,29,32)/b19-15-. The van der Waals surface area contributed by atoms with Crippen LogP contribution in [0.3, 0.4) is 0 Å². The lowest BCUT2D eigenvalue weighted by molar-refractivity contribution is 0.884. The van der Waals surface area contributed by atoms with Crippen molar-refractivity contribution < 1.29 is 0 Å². The average Bonchev–Trinajstić information content (AvgIpc) is 3.27. The molecule has 0 amide bonds. The second kappa shape index (κ2) is 8.17. The van der Waals surface area contributed by atoms with Crippen LogP contribution in [0.5, 0.6) is 0 Å². The number of fused-ring (bicyclic) bond motifs is 1. The van der Waals surface area contributed by atoms with Gasteiger partial charge in [0.05, 0.1) is 27.9 Å². The zero-order valence-corrected chi connectivity index (χ0v) is 16.9. The number of aromatic amines is 1. The van der Waals surface area contributed by atoms with Gasteiger partial charge in [0, 0.05) is 17.3 Å². The number of nitriles is 1. The molecule has 5 aromatic rings. The van der Waals surface area contributed by atoms with Gasteiger partial charge in [0.15, 0.2) is 5.82 Å². The fourth-order valence-corrected chi connectivity index (χ4v) is 3.55. The van der Waals surface area contributed by atoms with Crippen LogP contribution in [-0.4, -0.2) is 19.7 Å². The molecule has 0 fully saturated rings. The van der Waals surface area contributed by atoms with Crippen molar-refractivity contribution in [2.24, 2.45) is 0 Å². The van der Waals surface area contributed by atoms with Gasteiger partial charge >= 0.3 is 0 Å². The molecule has 0 spiro atoms. The highest BCUT2D eigenvalue weighted by Crippen LogP contribution is 2.27. The highest BCUT2D eigenvalue weighted by Gasteiger charge is 2.14. The third-order valence-corrected chi connectivity index (χ3v) is 5.10. The van der Waals surface area contributed by atoms with E-state index in [0.29, 0.717) is 10.9 Å². The predicted octanol–water partition coefficient (Wildman–Crippen LogP) is 4.84. The Morgan fingerprint density at radius 3 is 2.38 bits per heavy atom. The number of allylic oxidation sites excluding steroid dienone is 1. The maximum atomic E-state index is 12.5. The summed E-state index contributed by atoms with van der Waals surface area (Å²) >= 11 is 0. The van der Waals surface area contributed by atoms with Crippen molar-refractivity contribution in [3.63, 3.8) is 0 Å². The summed E-state index contributed by atoms with van der Waals surface area (Å²) < 4.78 is 1.78. The van der Waals surface area contributed by atoms with E-state index >= 15 is 0 Å². The normalized spacial score (nSPS) is 11.4. The van der Waals surface area contributed by atoms with Gasteiger partial charge in [-0.05, 0) is 30.3 Å². The quantitative estimate of drug-likeness (QED) is 0.426. The summed E-state index contributed by atoms with van der Waals surface area (Å²) in [5.41, 5.74) is 3.80. The lowest BCUT2D eigenvalue weighted by Crippen LogP contribution is -2.11. The second-order valence-corrected chi connectivity index (χ2v) is 7.18. The van der Waals surface area contributed by atoms with Crippen LogP contribution < -0.4 is 5.56 Å². The Balaban J connectivity index is 1.69. The van der Waals surface area contributed by atoms with Gasteiger partial charge in [-0.1, -0.05) is 60.7 Å². The molecule has 6 heteroatoms. The van der Waals surface area contributed by atoms with Crippen LogP contribution in [0.25, 0.3) is 39.5 Å². The molecule has 32 heavy (non-hydrogen) atoms. The topological polar surface area (TPSA) is 87.4 Å². The molecule has 5 rings (SSSR count). The summed E-state index contributed by atoms with van der Waals surface area (Å²) in [6, 6.07) is 28.8. The lowest BCUT2D eigenvalue weighted by atomic mass is 10.1. The van der Waals surface area contributed by atoms with Crippen molar-refractivity contribution in [1.82, 2.24) is 19.7 Å². The Hall–Kier alpha value is -4.76. The van der Waals surface area contributed by atoms with Crippen molar-refractivity contribution >= 4 is 22.6 Å². The molecule has 0 aliphatic heterocycles. The first-order chi connectivity index (χ1) is 15.7. The number of aromatic nitrogens is 4. The third-order valence-electron chi connectivity index (χ3n) is 5.10. The minimum absolute atomic E-state index is 0.225. The number of para-hydroxylation sites is 2. The first kappa shape index (κ1) is 19.2. The van der Waals surface area contributed by atoms with Gasteiger partial charge < -0.3 is 4.98 Å². The lowest BCUT2D eigenvalue weighted by Gasteiger charge is -2.02. The van der Waals surface area contributed by atoms with E-state index in [1.165, 1.54) is 0 Å². The van der Waals surface area contributed by atoms with E-state index in [4.69, 9.17) is 5.10 Å².